The number of carbonyl (C=O) groups excluding carboxylic acids is 1. The standard InChI is InChI=1S/C16H16N4O4/c1-3-24-16(21)14-10(2)18-13-7-8-17-19(13)15(14)11-5-4-6-12(9-11)20(22)23/h4-9,15,18H,3H2,1-2H3. The Hall–Kier alpha value is -3.16. The molecule has 0 aliphatic carbocycles. The van der Waals surface area contributed by atoms with Gasteiger partial charge in [0.2, 0.25) is 0 Å². The summed E-state index contributed by atoms with van der Waals surface area (Å²) in [6, 6.07) is 7.38. The number of allylic oxidation sites excluding steroid dienone is 1. The van der Waals surface area contributed by atoms with Gasteiger partial charge in [0, 0.05) is 23.9 Å². The van der Waals surface area contributed by atoms with E-state index >= 15 is 0 Å². The smallest absolute Gasteiger partial charge is 0.338 e. The Morgan fingerprint density at radius 2 is 2.25 bits per heavy atom. The molecule has 124 valence electrons. The van der Waals surface area contributed by atoms with Crippen molar-refractivity contribution in [1.82, 2.24) is 9.78 Å². The Morgan fingerprint density at radius 3 is 2.96 bits per heavy atom. The maximum Gasteiger partial charge on any atom is 0.338 e. The van der Waals surface area contributed by atoms with Crippen LogP contribution in [0.15, 0.2) is 47.8 Å². The summed E-state index contributed by atoms with van der Waals surface area (Å²) in [5.74, 6) is 0.234. The summed E-state index contributed by atoms with van der Waals surface area (Å²) in [6.07, 6.45) is 1.61. The number of carbonyl (C=O) groups is 1. The molecule has 1 aliphatic rings. The fourth-order valence-corrected chi connectivity index (χ4v) is 2.80. The molecule has 24 heavy (non-hydrogen) atoms. The second-order valence-electron chi connectivity index (χ2n) is 5.30. The highest BCUT2D eigenvalue weighted by Gasteiger charge is 2.34. The highest BCUT2D eigenvalue weighted by Crippen LogP contribution is 2.36. The third-order valence-electron chi connectivity index (χ3n) is 3.80. The number of rotatable bonds is 4. The quantitative estimate of drug-likeness (QED) is 0.526. The van der Waals surface area contributed by atoms with Crippen LogP contribution in [0.2, 0.25) is 0 Å². The lowest BCUT2D eigenvalue weighted by molar-refractivity contribution is -0.384. The van der Waals surface area contributed by atoms with E-state index in [9.17, 15) is 14.9 Å². The molecule has 0 radical (unpaired) electrons. The van der Waals surface area contributed by atoms with Gasteiger partial charge in [-0.3, -0.25) is 10.1 Å². The molecule has 8 nitrogen and oxygen atoms in total. The van der Waals surface area contributed by atoms with Crippen molar-refractivity contribution in [3.63, 3.8) is 0 Å². The third kappa shape index (κ3) is 2.62. The lowest BCUT2D eigenvalue weighted by atomic mass is 9.95. The number of ether oxygens (including phenoxy) is 1. The van der Waals surface area contributed by atoms with Crippen LogP contribution < -0.4 is 5.32 Å². The topological polar surface area (TPSA) is 99.3 Å². The van der Waals surface area contributed by atoms with Crippen LogP contribution in [0, 0.1) is 10.1 Å². The van der Waals surface area contributed by atoms with Crippen molar-refractivity contribution in [2.75, 3.05) is 11.9 Å². The maximum atomic E-state index is 12.4. The Labute approximate surface area is 137 Å². The maximum absolute atomic E-state index is 12.4. The number of nitrogens with one attached hydrogen (secondary N) is 1. The van der Waals surface area contributed by atoms with Crippen LogP contribution in [0.4, 0.5) is 11.5 Å². The molecule has 1 atom stereocenters. The zero-order valence-electron chi connectivity index (χ0n) is 13.2. The van der Waals surface area contributed by atoms with Crippen LogP contribution in [-0.4, -0.2) is 27.3 Å². The Morgan fingerprint density at radius 1 is 1.46 bits per heavy atom. The van der Waals surface area contributed by atoms with Crippen LogP contribution >= 0.6 is 0 Å². The van der Waals surface area contributed by atoms with Gasteiger partial charge in [0.1, 0.15) is 11.9 Å². The Kier molecular flexibility index (Phi) is 4.03. The third-order valence-corrected chi connectivity index (χ3v) is 3.80. The molecule has 0 bridgehead atoms. The molecule has 0 saturated carbocycles. The SMILES string of the molecule is CCOC(=O)C1=C(C)Nc2ccnn2C1c1cccc([N+](=O)[O-])c1. The zero-order valence-corrected chi connectivity index (χ0v) is 13.2. The molecule has 0 saturated heterocycles. The van der Waals surface area contributed by atoms with E-state index in [-0.39, 0.29) is 12.3 Å². The van der Waals surface area contributed by atoms with Crippen LogP contribution in [0.5, 0.6) is 0 Å². The van der Waals surface area contributed by atoms with Gasteiger partial charge in [-0.2, -0.15) is 5.10 Å². The first-order valence-electron chi connectivity index (χ1n) is 7.45. The predicted molar refractivity (Wildman–Crippen MR) is 86.4 cm³/mol. The Bertz CT molecular complexity index is 840. The zero-order chi connectivity index (χ0) is 17.3. The number of hydrogen-bond acceptors (Lipinski definition) is 6. The molecule has 1 aromatic heterocycles. The van der Waals surface area contributed by atoms with Crippen LogP contribution in [0.25, 0.3) is 0 Å². The number of anilines is 1. The molecule has 1 N–H and O–H groups in total. The molecular formula is C16H16N4O4. The molecule has 0 amide bonds. The van der Waals surface area contributed by atoms with E-state index < -0.39 is 16.9 Å². The first-order chi connectivity index (χ1) is 11.5. The lowest BCUT2D eigenvalue weighted by Crippen LogP contribution is -2.29. The number of hydrogen-bond donors (Lipinski definition) is 1. The summed E-state index contributed by atoms with van der Waals surface area (Å²) < 4.78 is 6.78. The average molecular weight is 328 g/mol. The van der Waals surface area contributed by atoms with Gasteiger partial charge in [0.25, 0.3) is 5.69 Å². The summed E-state index contributed by atoms with van der Waals surface area (Å²) in [4.78, 5) is 23.1. The van der Waals surface area contributed by atoms with Gasteiger partial charge in [-0.25, -0.2) is 9.48 Å². The molecule has 1 unspecified atom stereocenters. The van der Waals surface area contributed by atoms with E-state index in [0.717, 1.165) is 0 Å². The molecule has 3 rings (SSSR count). The van der Waals surface area contributed by atoms with Crippen molar-refractivity contribution in [2.24, 2.45) is 0 Å². The van der Waals surface area contributed by atoms with Crippen molar-refractivity contribution in [3.8, 4) is 0 Å². The number of nitro groups is 1. The van der Waals surface area contributed by atoms with Crippen LogP contribution in [0.3, 0.4) is 0 Å². The minimum atomic E-state index is -0.588. The van der Waals surface area contributed by atoms with Crippen molar-refractivity contribution in [1.29, 1.82) is 0 Å². The van der Waals surface area contributed by atoms with Gasteiger partial charge < -0.3 is 10.1 Å². The van der Waals surface area contributed by atoms with Crippen molar-refractivity contribution in [3.05, 3.63) is 63.5 Å². The molecule has 8 heteroatoms. The molecule has 2 aromatic rings. The second-order valence-corrected chi connectivity index (χ2v) is 5.30. The van der Waals surface area contributed by atoms with Crippen molar-refractivity contribution >= 4 is 17.5 Å². The molecular weight excluding hydrogens is 312 g/mol. The highest BCUT2D eigenvalue weighted by molar-refractivity contribution is 5.92. The van der Waals surface area contributed by atoms with Crippen molar-refractivity contribution in [2.45, 2.75) is 19.9 Å². The van der Waals surface area contributed by atoms with Gasteiger partial charge in [-0.05, 0) is 19.4 Å². The molecule has 2 heterocycles. The van der Waals surface area contributed by atoms with E-state index in [2.05, 4.69) is 10.4 Å². The lowest BCUT2D eigenvalue weighted by Gasteiger charge is -2.29. The predicted octanol–water partition coefficient (Wildman–Crippen LogP) is 2.64. The molecule has 1 aliphatic heterocycles. The number of esters is 1. The van der Waals surface area contributed by atoms with Gasteiger partial charge >= 0.3 is 5.97 Å². The first-order valence-corrected chi connectivity index (χ1v) is 7.45. The number of benzene rings is 1. The summed E-state index contributed by atoms with van der Waals surface area (Å²) >= 11 is 0. The van der Waals surface area contributed by atoms with E-state index in [0.29, 0.717) is 22.7 Å². The number of fused-ring (bicyclic) bond motifs is 1. The summed E-state index contributed by atoms with van der Waals surface area (Å²) in [6.45, 7) is 3.74. The van der Waals surface area contributed by atoms with E-state index in [4.69, 9.17) is 4.74 Å². The summed E-state index contributed by atoms with van der Waals surface area (Å²) in [7, 11) is 0. The number of non-ortho nitro benzene ring substituents is 1. The monoisotopic (exact) mass is 328 g/mol. The minimum Gasteiger partial charge on any atom is -0.463 e. The van der Waals surface area contributed by atoms with Gasteiger partial charge in [0.05, 0.1) is 23.3 Å². The largest absolute Gasteiger partial charge is 0.463 e. The number of nitrogens with zero attached hydrogens (tertiary/aromatic N) is 3. The molecule has 1 aromatic carbocycles. The normalized spacial score (nSPS) is 16.3. The fraction of sp³-hybridized carbons (Fsp3) is 0.250. The summed E-state index contributed by atoms with van der Waals surface area (Å²) in [5.41, 5.74) is 1.57. The van der Waals surface area contributed by atoms with Crippen molar-refractivity contribution < 1.29 is 14.5 Å². The highest BCUT2D eigenvalue weighted by atomic mass is 16.6. The van der Waals surface area contributed by atoms with Crippen LogP contribution in [0.1, 0.15) is 25.5 Å². The van der Waals surface area contributed by atoms with E-state index in [1.807, 2.05) is 0 Å². The summed E-state index contributed by atoms with van der Waals surface area (Å²) in [5, 5.41) is 18.5. The van der Waals surface area contributed by atoms with Gasteiger partial charge in [-0.15, -0.1) is 0 Å². The van der Waals surface area contributed by atoms with E-state index in [1.165, 1.54) is 12.1 Å². The van der Waals surface area contributed by atoms with Gasteiger partial charge in [0.15, 0.2) is 0 Å². The average Bonchev–Trinajstić information content (AvgIpc) is 3.01. The fourth-order valence-electron chi connectivity index (χ4n) is 2.80. The first kappa shape index (κ1) is 15.7. The van der Waals surface area contributed by atoms with Crippen LogP contribution in [-0.2, 0) is 9.53 Å². The van der Waals surface area contributed by atoms with Gasteiger partial charge in [-0.1, -0.05) is 12.1 Å². The molecule has 0 fully saturated rings. The van der Waals surface area contributed by atoms with E-state index in [1.54, 1.807) is 42.9 Å². The minimum absolute atomic E-state index is 0.0411. The number of nitro benzene ring substituents is 1. The Balaban J connectivity index is 2.16. The second kappa shape index (κ2) is 6.15. The number of aromatic nitrogens is 2. The molecule has 0 spiro atoms.